The fraction of sp³-hybridized carbons (Fsp3) is 1.00. The maximum Gasteiger partial charge on any atom is 0.0474 e. The Morgan fingerprint density at radius 1 is 1.35 bits per heavy atom. The summed E-state index contributed by atoms with van der Waals surface area (Å²) >= 11 is 0. The van der Waals surface area contributed by atoms with Crippen LogP contribution < -0.4 is 5.32 Å². The van der Waals surface area contributed by atoms with Gasteiger partial charge in [0.05, 0.1) is 0 Å². The molecule has 1 atom stereocenters. The number of hydrogen-bond acceptors (Lipinski definition) is 3. The minimum absolute atomic E-state index is 0.259. The third kappa shape index (κ3) is 4.23. The molecule has 0 aromatic heterocycles. The summed E-state index contributed by atoms with van der Waals surface area (Å²) in [4.78, 5) is 2.61. The molecule has 1 fully saturated rings. The van der Waals surface area contributed by atoms with Crippen LogP contribution in [0.1, 0.15) is 41.0 Å². The van der Waals surface area contributed by atoms with E-state index in [9.17, 15) is 0 Å². The van der Waals surface area contributed by atoms with Gasteiger partial charge in [-0.1, -0.05) is 20.8 Å². The lowest BCUT2D eigenvalue weighted by molar-refractivity contribution is 0.0297. The van der Waals surface area contributed by atoms with Crippen molar-refractivity contribution in [1.29, 1.82) is 0 Å². The molecule has 0 amide bonds. The van der Waals surface area contributed by atoms with Crippen LogP contribution in [0.3, 0.4) is 0 Å². The highest BCUT2D eigenvalue weighted by Crippen LogP contribution is 2.27. The first-order valence-corrected chi connectivity index (χ1v) is 6.75. The normalized spacial score (nSPS) is 26.1. The molecule has 0 aromatic rings. The second-order valence-corrected chi connectivity index (χ2v) is 6.90. The highest BCUT2D eigenvalue weighted by atomic mass is 16.5. The highest BCUT2D eigenvalue weighted by molar-refractivity contribution is 4.96. The van der Waals surface area contributed by atoms with Gasteiger partial charge in [-0.2, -0.15) is 0 Å². The van der Waals surface area contributed by atoms with Crippen molar-refractivity contribution in [2.45, 2.75) is 52.6 Å². The number of piperazine rings is 1. The molecule has 1 rings (SSSR count). The first-order valence-electron chi connectivity index (χ1n) is 6.75. The molecule has 0 bridgehead atoms. The second-order valence-electron chi connectivity index (χ2n) is 6.90. The van der Waals surface area contributed by atoms with Gasteiger partial charge in [-0.15, -0.1) is 0 Å². The Labute approximate surface area is 107 Å². The first kappa shape index (κ1) is 14.9. The Kier molecular flexibility index (Phi) is 4.99. The quantitative estimate of drug-likeness (QED) is 0.764. The van der Waals surface area contributed by atoms with Crippen LogP contribution in [0, 0.1) is 5.41 Å². The molecule has 0 radical (unpaired) electrons. The SMILES string of the molecule is COCCCN1CC(C(C)(C)C)NCC1(C)C. The number of rotatable bonds is 4. The van der Waals surface area contributed by atoms with Crippen LogP contribution in [-0.4, -0.2) is 49.8 Å². The third-order valence-electron chi connectivity index (χ3n) is 3.86. The molecular formula is C14H30N2O. The van der Waals surface area contributed by atoms with Crippen molar-refractivity contribution in [3.8, 4) is 0 Å². The summed E-state index contributed by atoms with van der Waals surface area (Å²) < 4.78 is 5.15. The highest BCUT2D eigenvalue weighted by Gasteiger charge is 2.37. The lowest BCUT2D eigenvalue weighted by Gasteiger charge is -2.49. The molecular weight excluding hydrogens is 212 g/mol. The molecule has 1 saturated heterocycles. The summed E-state index contributed by atoms with van der Waals surface area (Å²) in [5, 5.41) is 3.70. The number of ether oxygens (including phenoxy) is 1. The van der Waals surface area contributed by atoms with Crippen LogP contribution in [0.15, 0.2) is 0 Å². The largest absolute Gasteiger partial charge is 0.385 e. The summed E-state index contributed by atoms with van der Waals surface area (Å²) in [6, 6.07) is 0.582. The smallest absolute Gasteiger partial charge is 0.0474 e. The van der Waals surface area contributed by atoms with Crippen molar-refractivity contribution in [2.24, 2.45) is 5.41 Å². The average molecular weight is 242 g/mol. The zero-order chi connectivity index (χ0) is 13.1. The molecule has 1 aliphatic rings. The van der Waals surface area contributed by atoms with Crippen molar-refractivity contribution in [1.82, 2.24) is 10.2 Å². The number of nitrogens with zero attached hydrogens (tertiary/aromatic N) is 1. The van der Waals surface area contributed by atoms with Crippen molar-refractivity contribution in [2.75, 3.05) is 33.4 Å². The molecule has 1 aliphatic heterocycles. The maximum atomic E-state index is 5.15. The number of methoxy groups -OCH3 is 1. The molecule has 102 valence electrons. The molecule has 3 heteroatoms. The Hall–Kier alpha value is -0.120. The summed E-state index contributed by atoms with van der Waals surface area (Å²) in [7, 11) is 1.78. The summed E-state index contributed by atoms with van der Waals surface area (Å²) in [6.07, 6.45) is 1.12. The van der Waals surface area contributed by atoms with E-state index in [0.717, 1.165) is 32.7 Å². The Morgan fingerprint density at radius 2 is 2.00 bits per heavy atom. The van der Waals surface area contributed by atoms with E-state index in [-0.39, 0.29) is 5.54 Å². The van der Waals surface area contributed by atoms with E-state index in [2.05, 4.69) is 44.8 Å². The van der Waals surface area contributed by atoms with Crippen LogP contribution in [0.25, 0.3) is 0 Å². The van der Waals surface area contributed by atoms with Gasteiger partial charge < -0.3 is 10.1 Å². The number of hydrogen-bond donors (Lipinski definition) is 1. The Morgan fingerprint density at radius 3 is 2.53 bits per heavy atom. The lowest BCUT2D eigenvalue weighted by Crippen LogP contribution is -2.64. The van der Waals surface area contributed by atoms with Gasteiger partial charge in [0.1, 0.15) is 0 Å². The van der Waals surface area contributed by atoms with Gasteiger partial charge >= 0.3 is 0 Å². The predicted octanol–water partition coefficient (Wildman–Crippen LogP) is 2.12. The molecule has 3 nitrogen and oxygen atoms in total. The minimum atomic E-state index is 0.259. The maximum absolute atomic E-state index is 5.15. The summed E-state index contributed by atoms with van der Waals surface area (Å²) in [6.45, 7) is 15.8. The van der Waals surface area contributed by atoms with Crippen LogP contribution in [0.5, 0.6) is 0 Å². The lowest BCUT2D eigenvalue weighted by atomic mass is 9.83. The van der Waals surface area contributed by atoms with Gasteiger partial charge in [0.15, 0.2) is 0 Å². The monoisotopic (exact) mass is 242 g/mol. The minimum Gasteiger partial charge on any atom is -0.385 e. The van der Waals surface area contributed by atoms with Gasteiger partial charge in [0.25, 0.3) is 0 Å². The van der Waals surface area contributed by atoms with Gasteiger partial charge in [-0.05, 0) is 25.7 Å². The van der Waals surface area contributed by atoms with E-state index < -0.39 is 0 Å². The number of nitrogens with one attached hydrogen (secondary N) is 1. The molecule has 0 saturated carbocycles. The fourth-order valence-electron chi connectivity index (χ4n) is 2.39. The molecule has 0 spiro atoms. The van der Waals surface area contributed by atoms with Crippen molar-refractivity contribution < 1.29 is 4.74 Å². The van der Waals surface area contributed by atoms with Crippen LogP contribution in [0.4, 0.5) is 0 Å². The van der Waals surface area contributed by atoms with Crippen LogP contribution in [0.2, 0.25) is 0 Å². The van der Waals surface area contributed by atoms with E-state index in [1.54, 1.807) is 7.11 Å². The standard InChI is InChI=1S/C14H30N2O/c1-13(2,3)12-10-16(8-7-9-17-6)14(4,5)11-15-12/h12,15H,7-11H2,1-6H3. The van der Waals surface area contributed by atoms with Gasteiger partial charge in [-0.25, -0.2) is 0 Å². The van der Waals surface area contributed by atoms with E-state index in [4.69, 9.17) is 4.74 Å². The third-order valence-corrected chi connectivity index (χ3v) is 3.86. The van der Waals surface area contributed by atoms with E-state index >= 15 is 0 Å². The topological polar surface area (TPSA) is 24.5 Å². The first-order chi connectivity index (χ1) is 7.77. The molecule has 0 aliphatic carbocycles. The summed E-state index contributed by atoms with van der Waals surface area (Å²) in [5.74, 6) is 0. The molecule has 1 unspecified atom stereocenters. The van der Waals surface area contributed by atoms with Gasteiger partial charge in [-0.3, -0.25) is 4.90 Å². The molecule has 1 heterocycles. The van der Waals surface area contributed by atoms with Gasteiger partial charge in [0, 0.05) is 44.9 Å². The predicted molar refractivity (Wildman–Crippen MR) is 73.4 cm³/mol. The van der Waals surface area contributed by atoms with Crippen LogP contribution >= 0.6 is 0 Å². The molecule has 1 N–H and O–H groups in total. The average Bonchev–Trinajstić information content (AvgIpc) is 2.18. The van der Waals surface area contributed by atoms with E-state index in [1.807, 2.05) is 0 Å². The molecule has 0 aromatic carbocycles. The zero-order valence-electron chi connectivity index (χ0n) is 12.5. The van der Waals surface area contributed by atoms with Crippen molar-refractivity contribution >= 4 is 0 Å². The van der Waals surface area contributed by atoms with E-state index in [0.29, 0.717) is 11.5 Å². The van der Waals surface area contributed by atoms with Crippen molar-refractivity contribution in [3.63, 3.8) is 0 Å². The van der Waals surface area contributed by atoms with Crippen LogP contribution in [-0.2, 0) is 4.74 Å². The van der Waals surface area contributed by atoms with Crippen molar-refractivity contribution in [3.05, 3.63) is 0 Å². The van der Waals surface area contributed by atoms with E-state index in [1.165, 1.54) is 0 Å². The zero-order valence-corrected chi connectivity index (χ0v) is 12.5. The molecule has 17 heavy (non-hydrogen) atoms. The fourth-order valence-corrected chi connectivity index (χ4v) is 2.39. The van der Waals surface area contributed by atoms with Gasteiger partial charge in [0.2, 0.25) is 0 Å². The Balaban J connectivity index is 2.56. The summed E-state index contributed by atoms with van der Waals surface area (Å²) in [5.41, 5.74) is 0.589. The Bertz CT molecular complexity index is 233. The second kappa shape index (κ2) is 5.68.